The van der Waals surface area contributed by atoms with E-state index in [4.69, 9.17) is 0 Å². The highest BCUT2D eigenvalue weighted by Gasteiger charge is 2.30. The first-order chi connectivity index (χ1) is 16.2. The number of aryl methyl sites for hydroxylation is 1. The number of alkyl halides is 3. The van der Waals surface area contributed by atoms with Crippen LogP contribution in [0.15, 0.2) is 72.8 Å². The lowest BCUT2D eigenvalue weighted by atomic mass is 10.1. The van der Waals surface area contributed by atoms with Crippen molar-refractivity contribution < 1.29 is 22.8 Å². The summed E-state index contributed by atoms with van der Waals surface area (Å²) in [6.45, 7) is 3.84. The lowest BCUT2D eigenvalue weighted by Gasteiger charge is -2.35. The summed E-state index contributed by atoms with van der Waals surface area (Å²) >= 11 is 0. The summed E-state index contributed by atoms with van der Waals surface area (Å²) in [6.07, 6.45) is -3.61. The van der Waals surface area contributed by atoms with Gasteiger partial charge >= 0.3 is 12.2 Å². The minimum absolute atomic E-state index is 0.0756. The van der Waals surface area contributed by atoms with Crippen molar-refractivity contribution in [1.29, 1.82) is 0 Å². The van der Waals surface area contributed by atoms with Crippen LogP contribution in [0.4, 0.5) is 29.3 Å². The molecule has 176 valence electrons. The summed E-state index contributed by atoms with van der Waals surface area (Å²) in [5.41, 5.74) is 2.75. The number of amides is 3. The molecule has 34 heavy (non-hydrogen) atoms. The topological polar surface area (TPSA) is 52.6 Å². The van der Waals surface area contributed by atoms with Crippen molar-refractivity contribution in [3.63, 3.8) is 0 Å². The molecule has 0 bridgehead atoms. The zero-order chi connectivity index (χ0) is 24.3. The molecule has 1 heterocycles. The molecule has 5 nitrogen and oxygen atoms in total. The van der Waals surface area contributed by atoms with Crippen LogP contribution in [-0.2, 0) is 12.7 Å². The van der Waals surface area contributed by atoms with E-state index in [0.717, 1.165) is 36.2 Å². The molecular formula is C26H24F3N3O2. The van der Waals surface area contributed by atoms with Crippen molar-refractivity contribution >= 4 is 23.3 Å². The van der Waals surface area contributed by atoms with Crippen molar-refractivity contribution in [2.45, 2.75) is 26.1 Å². The van der Waals surface area contributed by atoms with Crippen molar-refractivity contribution in [2.75, 3.05) is 23.3 Å². The third-order valence-corrected chi connectivity index (χ3v) is 5.72. The number of urea groups is 1. The maximum Gasteiger partial charge on any atom is 0.416 e. The van der Waals surface area contributed by atoms with Gasteiger partial charge in [-0.1, -0.05) is 29.8 Å². The van der Waals surface area contributed by atoms with E-state index < -0.39 is 17.6 Å². The van der Waals surface area contributed by atoms with Crippen LogP contribution in [0.1, 0.15) is 33.5 Å². The Kier molecular flexibility index (Phi) is 6.58. The van der Waals surface area contributed by atoms with Gasteiger partial charge in [-0.3, -0.25) is 9.69 Å². The standard InChI is InChI=1S/C26H24F3N3O2/c1-18-3-5-19(6-4-18)17-31-15-2-16-32(25(31)34)23-13-11-22(12-14-23)30-24(33)20-7-9-21(10-8-20)26(27,28)29/h3-14H,2,15-17H2,1H3,(H,30,33). The lowest BCUT2D eigenvalue weighted by Crippen LogP contribution is -2.49. The number of benzene rings is 3. The summed E-state index contributed by atoms with van der Waals surface area (Å²) < 4.78 is 38.1. The summed E-state index contributed by atoms with van der Waals surface area (Å²) in [5.74, 6) is -0.514. The number of halogens is 3. The monoisotopic (exact) mass is 467 g/mol. The number of hydrogen-bond acceptors (Lipinski definition) is 2. The molecule has 8 heteroatoms. The molecular weight excluding hydrogens is 443 g/mol. The Hall–Kier alpha value is -3.81. The van der Waals surface area contributed by atoms with Crippen LogP contribution in [0.3, 0.4) is 0 Å². The van der Waals surface area contributed by atoms with Crippen LogP contribution in [0.25, 0.3) is 0 Å². The molecule has 1 saturated heterocycles. The fourth-order valence-electron chi connectivity index (χ4n) is 3.82. The third-order valence-electron chi connectivity index (χ3n) is 5.72. The third kappa shape index (κ3) is 5.39. The van der Waals surface area contributed by atoms with Crippen LogP contribution in [0.5, 0.6) is 0 Å². The number of nitrogens with zero attached hydrogens (tertiary/aromatic N) is 2. The first-order valence-electron chi connectivity index (χ1n) is 10.9. The van der Waals surface area contributed by atoms with Crippen molar-refractivity contribution in [3.8, 4) is 0 Å². The van der Waals surface area contributed by atoms with Crippen LogP contribution in [-0.4, -0.2) is 29.9 Å². The summed E-state index contributed by atoms with van der Waals surface area (Å²) in [4.78, 5) is 29.0. The zero-order valence-corrected chi connectivity index (χ0v) is 18.6. The molecule has 1 fully saturated rings. The van der Waals surface area contributed by atoms with Crippen LogP contribution in [0, 0.1) is 6.92 Å². The molecule has 0 aromatic heterocycles. The van der Waals surface area contributed by atoms with Gasteiger partial charge in [0.15, 0.2) is 0 Å². The predicted molar refractivity (Wildman–Crippen MR) is 125 cm³/mol. The van der Waals surface area contributed by atoms with Gasteiger partial charge in [0.1, 0.15) is 0 Å². The first kappa shape index (κ1) is 23.4. The molecule has 1 aliphatic rings. The molecule has 0 unspecified atom stereocenters. The zero-order valence-electron chi connectivity index (χ0n) is 18.6. The lowest BCUT2D eigenvalue weighted by molar-refractivity contribution is -0.137. The van der Waals surface area contributed by atoms with Gasteiger partial charge in [-0.25, -0.2) is 4.79 Å². The maximum atomic E-state index is 13.0. The minimum atomic E-state index is -4.45. The van der Waals surface area contributed by atoms with E-state index in [1.54, 1.807) is 29.2 Å². The van der Waals surface area contributed by atoms with E-state index in [-0.39, 0.29) is 11.6 Å². The summed E-state index contributed by atoms with van der Waals surface area (Å²) in [5, 5.41) is 2.67. The molecule has 0 atom stereocenters. The molecule has 0 spiro atoms. The molecule has 4 rings (SSSR count). The largest absolute Gasteiger partial charge is 0.416 e. The van der Waals surface area contributed by atoms with E-state index in [1.807, 2.05) is 36.1 Å². The van der Waals surface area contributed by atoms with Crippen molar-refractivity contribution in [2.24, 2.45) is 0 Å². The van der Waals surface area contributed by atoms with Crippen LogP contribution in [0.2, 0.25) is 0 Å². The second-order valence-corrected chi connectivity index (χ2v) is 8.27. The molecule has 0 saturated carbocycles. The van der Waals surface area contributed by atoms with Crippen LogP contribution < -0.4 is 10.2 Å². The first-order valence-corrected chi connectivity index (χ1v) is 10.9. The second-order valence-electron chi connectivity index (χ2n) is 8.27. The normalized spacial score (nSPS) is 14.3. The number of carbonyl (C=O) groups excluding carboxylic acids is 2. The Balaban J connectivity index is 1.40. The highest BCUT2D eigenvalue weighted by Crippen LogP contribution is 2.29. The second kappa shape index (κ2) is 9.59. The highest BCUT2D eigenvalue weighted by atomic mass is 19.4. The van der Waals surface area contributed by atoms with E-state index in [0.29, 0.717) is 31.0 Å². The average molecular weight is 467 g/mol. The van der Waals surface area contributed by atoms with Gasteiger partial charge in [0.05, 0.1) is 5.56 Å². The van der Waals surface area contributed by atoms with Gasteiger partial charge < -0.3 is 10.2 Å². The number of carbonyl (C=O) groups is 2. The summed E-state index contributed by atoms with van der Waals surface area (Å²) in [6, 6.07) is 18.9. The molecule has 3 amide bonds. The number of rotatable bonds is 5. The predicted octanol–water partition coefficient (Wildman–Crippen LogP) is 6.10. The molecule has 1 aliphatic heterocycles. The minimum Gasteiger partial charge on any atom is -0.322 e. The SMILES string of the molecule is Cc1ccc(CN2CCCN(c3ccc(NC(=O)c4ccc(C(F)(F)F)cc4)cc3)C2=O)cc1. The fourth-order valence-corrected chi connectivity index (χ4v) is 3.82. The molecule has 1 N–H and O–H groups in total. The van der Waals surface area contributed by atoms with Crippen LogP contribution >= 0.6 is 0 Å². The van der Waals surface area contributed by atoms with Gasteiger partial charge in [0, 0.05) is 36.6 Å². The average Bonchev–Trinajstić information content (AvgIpc) is 2.82. The van der Waals surface area contributed by atoms with E-state index in [1.165, 1.54) is 5.56 Å². The van der Waals surface area contributed by atoms with E-state index in [9.17, 15) is 22.8 Å². The number of anilines is 2. The summed E-state index contributed by atoms with van der Waals surface area (Å²) in [7, 11) is 0. The Bertz CT molecular complexity index is 1160. The van der Waals surface area contributed by atoms with Gasteiger partial charge in [-0.2, -0.15) is 13.2 Å². The van der Waals surface area contributed by atoms with Crippen molar-refractivity contribution in [3.05, 3.63) is 95.1 Å². The molecule has 0 aliphatic carbocycles. The number of hydrogen-bond donors (Lipinski definition) is 1. The van der Waals surface area contributed by atoms with Gasteiger partial charge in [-0.15, -0.1) is 0 Å². The highest BCUT2D eigenvalue weighted by molar-refractivity contribution is 6.04. The molecule has 0 radical (unpaired) electrons. The van der Waals surface area contributed by atoms with Gasteiger partial charge in [-0.05, 0) is 67.4 Å². The quantitative estimate of drug-likeness (QED) is 0.493. The molecule has 3 aromatic carbocycles. The fraction of sp³-hybridized carbons (Fsp3) is 0.231. The Morgan fingerprint density at radius 1 is 0.912 bits per heavy atom. The Morgan fingerprint density at radius 3 is 2.18 bits per heavy atom. The maximum absolute atomic E-state index is 13.0. The smallest absolute Gasteiger partial charge is 0.322 e. The van der Waals surface area contributed by atoms with E-state index >= 15 is 0 Å². The number of nitrogens with one attached hydrogen (secondary N) is 1. The van der Waals surface area contributed by atoms with E-state index in [2.05, 4.69) is 5.32 Å². The Morgan fingerprint density at radius 2 is 1.56 bits per heavy atom. The molecule has 3 aromatic rings. The van der Waals surface area contributed by atoms with Gasteiger partial charge in [0.25, 0.3) is 5.91 Å². The Labute approximate surface area is 195 Å². The van der Waals surface area contributed by atoms with Gasteiger partial charge in [0.2, 0.25) is 0 Å². The van der Waals surface area contributed by atoms with Crippen molar-refractivity contribution in [1.82, 2.24) is 4.90 Å².